The Labute approximate surface area is 483 Å². The number of allylic oxidation sites excluding steroid dienone is 6. The van der Waals surface area contributed by atoms with Crippen LogP contribution in [-0.2, 0) is 68.7 Å². The third-order valence-electron chi connectivity index (χ3n) is 18.2. The number of ether oxygens (including phenoxy) is 1. The molecule has 8 bridgehead atoms. The molecule has 15 atom stereocenters. The second-order valence-corrected chi connectivity index (χ2v) is 25.5. The molecule has 0 radical (unpaired) electrons. The Balaban J connectivity index is 0.0000120. The second-order valence-electron chi connectivity index (χ2n) is 24.2. The largest absolute Gasteiger partial charge is 3.00 e. The van der Waals surface area contributed by atoms with Crippen LogP contribution in [0.1, 0.15) is 146 Å². The number of amides is 7. The van der Waals surface area contributed by atoms with Crippen LogP contribution in [0.2, 0.25) is 0 Å². The van der Waals surface area contributed by atoms with E-state index in [9.17, 15) is 53.2 Å². The van der Waals surface area contributed by atoms with Crippen molar-refractivity contribution in [1.29, 1.82) is 0 Å². The zero-order valence-corrected chi connectivity index (χ0v) is 49.8. The number of phosphoric ester groups is 1. The van der Waals surface area contributed by atoms with Crippen molar-refractivity contribution < 1.29 is 83.8 Å². The Morgan fingerprint density at radius 2 is 1.35 bits per heavy atom. The van der Waals surface area contributed by atoms with Crippen LogP contribution in [0.25, 0.3) is 5.32 Å². The fraction of sp³-hybridized carbons (Fsp3) is 0.704. The van der Waals surface area contributed by atoms with Gasteiger partial charge in [0.15, 0.2) is 6.29 Å². The molecule has 6 rings (SSSR count). The maximum Gasteiger partial charge on any atom is 3.00 e. The monoisotopic (exact) mass is 1200 g/mol. The fourth-order valence-electron chi connectivity index (χ4n) is 13.8. The molecule has 25 nitrogen and oxygen atoms in total. The van der Waals surface area contributed by atoms with Gasteiger partial charge in [0.05, 0.1) is 23.4 Å². The zero-order chi connectivity index (χ0) is 60.0. The Bertz CT molecular complexity index is 2800. The smallest absolute Gasteiger partial charge is 0.682 e. The van der Waals surface area contributed by atoms with E-state index in [1.54, 1.807) is 13.8 Å². The van der Waals surface area contributed by atoms with Gasteiger partial charge in [0.1, 0.15) is 12.2 Å². The molecule has 7 amide bonds. The SMILES string of the molecule is CC[C@@H]1O[C@H](O)C(O)C1OP(=O)(O)OC(C)CNC(=O)CC[C@@]1(C)/C2=C(\C)C3=N/C(=C\C4=NC(=C(/C)C5=N[C@@](C)(C([N-]2)[C@@H]1CC(N)=O)[C@@](C)(CC(N)=O)[C@@H]5CCC(N)=O)/[C@@](C)(CC(N)=O)[C@@H]4CCC(N)=O)C(C)(C)[C@@H]3CCC(N)=O.[Co+3]. The van der Waals surface area contributed by atoms with Gasteiger partial charge in [-0.3, -0.25) is 57.6 Å². The maximum atomic E-state index is 14.1. The Morgan fingerprint density at radius 3 is 1.89 bits per heavy atom. The molecule has 0 aromatic heterocycles. The van der Waals surface area contributed by atoms with Gasteiger partial charge >= 0.3 is 24.6 Å². The van der Waals surface area contributed by atoms with Gasteiger partial charge in [-0.2, -0.15) is 5.70 Å². The zero-order valence-electron chi connectivity index (χ0n) is 47.9. The van der Waals surface area contributed by atoms with Crippen molar-refractivity contribution in [3.63, 3.8) is 0 Å². The second kappa shape index (κ2) is 25.0. The van der Waals surface area contributed by atoms with Gasteiger partial charge in [0, 0.05) is 108 Å². The van der Waals surface area contributed by atoms with Crippen LogP contribution >= 0.6 is 7.82 Å². The van der Waals surface area contributed by atoms with E-state index in [-0.39, 0.29) is 100 Å². The number of aliphatic imine (C=N–C) groups is 3. The molecular formula is C54H83CoN11O14P+2. The van der Waals surface area contributed by atoms with E-state index in [2.05, 4.69) is 5.32 Å². The van der Waals surface area contributed by atoms with Crippen molar-refractivity contribution in [2.45, 2.75) is 189 Å². The average Bonchev–Trinajstić information content (AvgIpc) is 4.26. The standard InChI is InChI=1S/C54H84N11O14P.Co/c1-11-33-45(44(73)49(74)77-33)79-80(75,76)78-25(2)24-61-41(72)18-19-51(7)31(20-38(58)69)48-54(10)53(9,23-40(60)71)30(14-17-37(57)68)43(65-54)27(4)47-52(8,22-39(59)70)28(12-15-35(55)66)32(62-47)21-34-50(5,6)29(13-16-36(56)67)42(63-34)26(3)46(51)64-48;/h21,25,28-31,33,44-45,48-49,73-74H,11-20,22-24H2,1-10H3,(H15,55,56,57,58,59,60,61,62,63,64,65,66,67,68,69,70,71,72,75,76);/q;+3/p-1/t25?,28-,29-,30-,31+,33+,44?,45?,48?,49+,51-,52+,53+,54+;/m1./s1. The number of primary amides is 6. The summed E-state index contributed by atoms with van der Waals surface area (Å²) >= 11 is 0. The van der Waals surface area contributed by atoms with E-state index < -0.39 is 137 Å². The van der Waals surface area contributed by atoms with Crippen LogP contribution in [0.3, 0.4) is 0 Å². The predicted molar refractivity (Wildman–Crippen MR) is 295 cm³/mol. The third-order valence-corrected chi connectivity index (χ3v) is 19.4. The van der Waals surface area contributed by atoms with Gasteiger partial charge in [0.25, 0.3) is 0 Å². The number of hydrogen-bond acceptors (Lipinski definition) is 16. The first-order valence-corrected chi connectivity index (χ1v) is 28.8. The van der Waals surface area contributed by atoms with Gasteiger partial charge in [-0.15, -0.1) is 0 Å². The van der Waals surface area contributed by atoms with Crippen molar-refractivity contribution in [2.75, 3.05) is 6.54 Å². The number of carbonyl (C=O) groups excluding carboxylic acids is 7. The maximum absolute atomic E-state index is 14.1. The van der Waals surface area contributed by atoms with Crippen molar-refractivity contribution in [1.82, 2.24) is 5.32 Å². The summed E-state index contributed by atoms with van der Waals surface area (Å²) in [5.74, 6) is -7.23. The van der Waals surface area contributed by atoms with E-state index in [0.29, 0.717) is 45.4 Å². The molecule has 2 fully saturated rings. The molecule has 0 aliphatic carbocycles. The van der Waals surface area contributed by atoms with E-state index in [1.165, 1.54) is 6.92 Å². The fourth-order valence-corrected chi connectivity index (χ4v) is 14.9. The molecular weight excluding hydrogens is 1120 g/mol. The summed E-state index contributed by atoms with van der Waals surface area (Å²) < 4.78 is 29.0. The summed E-state index contributed by atoms with van der Waals surface area (Å²) in [7, 11) is -4.91. The van der Waals surface area contributed by atoms with Crippen molar-refractivity contribution in [3.8, 4) is 0 Å². The van der Waals surface area contributed by atoms with Crippen LogP contribution in [0, 0.1) is 45.3 Å². The van der Waals surface area contributed by atoms with Gasteiger partial charge in [-0.1, -0.05) is 47.6 Å². The van der Waals surface area contributed by atoms with Crippen LogP contribution in [-0.4, -0.2) is 122 Å². The number of hydrogen-bond donors (Lipinski definition) is 10. The summed E-state index contributed by atoms with van der Waals surface area (Å²) in [6.45, 7) is 17.7. The normalized spacial score (nSPS) is 36.5. The van der Waals surface area contributed by atoms with Crippen LogP contribution in [0.5, 0.6) is 0 Å². The summed E-state index contributed by atoms with van der Waals surface area (Å²) in [6.07, 6.45) is -5.54. The summed E-state index contributed by atoms with van der Waals surface area (Å²) in [6, 6.07) is -1.03. The van der Waals surface area contributed by atoms with E-state index in [4.69, 9.17) is 68.5 Å². The molecule has 0 aromatic rings. The molecule has 16 N–H and O–H groups in total. The minimum absolute atomic E-state index is 0. The van der Waals surface area contributed by atoms with Gasteiger partial charge in [-0.05, 0) is 88.4 Å². The van der Waals surface area contributed by atoms with Crippen LogP contribution in [0.4, 0.5) is 0 Å². The van der Waals surface area contributed by atoms with Crippen molar-refractivity contribution >= 4 is 66.3 Å². The summed E-state index contributed by atoms with van der Waals surface area (Å²) in [5, 5.41) is 28.7. The van der Waals surface area contributed by atoms with E-state index in [0.717, 1.165) is 0 Å². The molecule has 6 aliphatic heterocycles. The first kappa shape index (κ1) is 66.6. The molecule has 5 unspecified atom stereocenters. The van der Waals surface area contributed by atoms with Gasteiger partial charge in [0.2, 0.25) is 41.4 Å². The molecule has 6 aliphatic rings. The number of phosphoric acid groups is 1. The molecule has 0 aromatic carbocycles. The Morgan fingerprint density at radius 1 is 0.778 bits per heavy atom. The van der Waals surface area contributed by atoms with E-state index >= 15 is 0 Å². The minimum atomic E-state index is -4.91. The molecule has 0 spiro atoms. The number of aliphatic hydroxyl groups is 2. The van der Waals surface area contributed by atoms with Gasteiger partial charge in [-0.25, -0.2) is 4.57 Å². The number of nitrogens with one attached hydrogen (secondary N) is 1. The summed E-state index contributed by atoms with van der Waals surface area (Å²) in [5.41, 5.74) is 33.6. The molecule has 81 heavy (non-hydrogen) atoms. The molecule has 450 valence electrons. The predicted octanol–water partition coefficient (Wildman–Crippen LogP) is 2.52. The Hall–Kier alpha value is -5.18. The number of nitrogens with two attached hydrogens (primary N) is 6. The molecule has 0 saturated carbocycles. The topological polar surface area (TPSA) is 444 Å². The number of carbonyl (C=O) groups is 7. The van der Waals surface area contributed by atoms with Gasteiger partial charge < -0.3 is 64.9 Å². The number of fused-ring (bicyclic) bond motifs is 6. The Kier molecular flexibility index (Phi) is 20.5. The molecule has 27 heteroatoms. The number of aliphatic hydroxyl groups excluding tert-OH is 2. The minimum Gasteiger partial charge on any atom is -0.682 e. The molecule has 2 saturated heterocycles. The van der Waals surface area contributed by atoms with Crippen LogP contribution < -0.4 is 39.7 Å². The molecule has 6 heterocycles. The number of rotatable bonds is 25. The first-order chi connectivity index (χ1) is 37.0. The first-order valence-electron chi connectivity index (χ1n) is 27.3. The summed E-state index contributed by atoms with van der Waals surface area (Å²) in [4.78, 5) is 120. The average molecular weight is 1200 g/mol. The quantitative estimate of drug-likeness (QED) is 0.0588. The van der Waals surface area contributed by atoms with Crippen molar-refractivity contribution in [2.24, 2.45) is 94.7 Å². The van der Waals surface area contributed by atoms with Crippen LogP contribution in [0.15, 0.2) is 49.3 Å². The third kappa shape index (κ3) is 13.3. The van der Waals surface area contributed by atoms with E-state index in [1.807, 2.05) is 54.5 Å². The van der Waals surface area contributed by atoms with Crippen molar-refractivity contribution in [3.05, 3.63) is 39.6 Å². The number of nitrogens with zero attached hydrogens (tertiary/aromatic N) is 4.